The summed E-state index contributed by atoms with van der Waals surface area (Å²) in [6.45, 7) is 2.08. The lowest BCUT2D eigenvalue weighted by Crippen LogP contribution is -2.56. The molecule has 1 N–H and O–H groups in total. The Morgan fingerprint density at radius 1 is 1.27 bits per heavy atom. The molecule has 1 aromatic rings. The summed E-state index contributed by atoms with van der Waals surface area (Å²) in [5.41, 5.74) is 0.882. The molecule has 2 heterocycles. The Bertz CT molecular complexity index is 947. The van der Waals surface area contributed by atoms with Crippen LogP contribution in [0.15, 0.2) is 23.6 Å². The number of halogens is 1. The molecule has 0 aliphatic carbocycles. The van der Waals surface area contributed by atoms with Crippen LogP contribution in [0.1, 0.15) is 19.8 Å². The molecule has 3 rings (SSSR count). The number of allylic oxidation sites excluding steroid dienone is 1. The normalized spacial score (nSPS) is 18.0. The second-order valence-electron chi connectivity index (χ2n) is 6.69. The van der Waals surface area contributed by atoms with Crippen LogP contribution >= 0.6 is 23.4 Å². The number of anilines is 1. The molecule has 30 heavy (non-hydrogen) atoms. The molecule has 2 aliphatic rings. The summed E-state index contributed by atoms with van der Waals surface area (Å²) >= 11 is 7.49. The first-order valence-electron chi connectivity index (χ1n) is 9.44. The average Bonchev–Trinajstić information content (AvgIpc) is 3.21. The van der Waals surface area contributed by atoms with Crippen LogP contribution in [0.4, 0.5) is 10.5 Å². The minimum atomic E-state index is -0.502. The van der Waals surface area contributed by atoms with Crippen molar-refractivity contribution < 1.29 is 28.4 Å². The highest BCUT2D eigenvalue weighted by atomic mass is 35.5. The number of benzene rings is 1. The van der Waals surface area contributed by atoms with Crippen LogP contribution in [0, 0.1) is 0 Å². The average molecular weight is 453 g/mol. The number of rotatable bonds is 8. The number of fused-ring (bicyclic) bond motifs is 1. The van der Waals surface area contributed by atoms with Crippen molar-refractivity contribution in [3.63, 3.8) is 0 Å². The standard InChI is InChI=1S/C20H22ClN3O5S/c1-4-5-7-23-19(26)18-14(6-8-30-18)24(20(23)27)11-17(25)22-13-9-12(21)15(28-2)10-16(13)29-3/h6,8-10,18H,4-5,7,11H2,1-3H3/p+1. The maximum atomic E-state index is 13.0. The topological polar surface area (TPSA) is 88.0 Å². The van der Waals surface area contributed by atoms with Crippen molar-refractivity contribution in [2.45, 2.75) is 25.0 Å². The SMILES string of the molecule is CCCCN1C(=O)C2SC=CC2=[N+](CC(=O)Nc2cc(Cl)c(OC)cc2OC)C1=O. The van der Waals surface area contributed by atoms with Crippen LogP contribution in [0.3, 0.4) is 0 Å². The van der Waals surface area contributed by atoms with Gasteiger partial charge in [-0.05, 0) is 24.0 Å². The fourth-order valence-electron chi connectivity index (χ4n) is 3.22. The lowest BCUT2D eigenvalue weighted by Gasteiger charge is -2.24. The molecule has 160 valence electrons. The number of nitrogens with zero attached hydrogens (tertiary/aromatic N) is 2. The first kappa shape index (κ1) is 22.2. The maximum absolute atomic E-state index is 13.0. The van der Waals surface area contributed by atoms with Gasteiger partial charge in [0, 0.05) is 6.07 Å². The predicted octanol–water partition coefficient (Wildman–Crippen LogP) is 3.14. The molecule has 10 heteroatoms. The highest BCUT2D eigenvalue weighted by Crippen LogP contribution is 2.36. The van der Waals surface area contributed by atoms with Gasteiger partial charge in [-0.2, -0.15) is 14.3 Å². The van der Waals surface area contributed by atoms with Crippen molar-refractivity contribution in [1.82, 2.24) is 4.90 Å². The number of carbonyl (C=O) groups is 3. The number of imide groups is 1. The molecular weight excluding hydrogens is 430 g/mol. The van der Waals surface area contributed by atoms with E-state index in [9.17, 15) is 14.4 Å². The minimum absolute atomic E-state index is 0.237. The number of amides is 4. The Kier molecular flexibility index (Phi) is 7.04. The molecule has 0 aromatic heterocycles. The lowest BCUT2D eigenvalue weighted by molar-refractivity contribution is -0.425. The van der Waals surface area contributed by atoms with Gasteiger partial charge in [-0.3, -0.25) is 4.79 Å². The smallest absolute Gasteiger partial charge is 0.495 e. The molecule has 0 bridgehead atoms. The van der Waals surface area contributed by atoms with Crippen molar-refractivity contribution in [1.29, 1.82) is 0 Å². The van der Waals surface area contributed by atoms with Crippen molar-refractivity contribution in [2.24, 2.45) is 0 Å². The Hall–Kier alpha value is -2.52. The number of urea groups is 1. The van der Waals surface area contributed by atoms with Gasteiger partial charge in [0.25, 0.3) is 5.91 Å². The molecule has 2 aliphatic heterocycles. The van der Waals surface area contributed by atoms with E-state index in [-0.39, 0.29) is 12.5 Å². The van der Waals surface area contributed by atoms with Gasteiger partial charge >= 0.3 is 11.9 Å². The molecule has 0 saturated carbocycles. The summed E-state index contributed by atoms with van der Waals surface area (Å²) in [5, 5.41) is 4.30. The highest BCUT2D eigenvalue weighted by Gasteiger charge is 2.49. The van der Waals surface area contributed by atoms with Crippen LogP contribution in [-0.2, 0) is 9.59 Å². The van der Waals surface area contributed by atoms with Gasteiger partial charge in [0.1, 0.15) is 17.2 Å². The molecule has 0 fully saturated rings. The van der Waals surface area contributed by atoms with Gasteiger partial charge < -0.3 is 14.8 Å². The van der Waals surface area contributed by atoms with E-state index in [1.807, 2.05) is 6.92 Å². The van der Waals surface area contributed by atoms with E-state index in [1.54, 1.807) is 17.6 Å². The number of nitrogens with one attached hydrogen (secondary N) is 1. The number of carbonyl (C=O) groups excluding carboxylic acids is 3. The summed E-state index contributed by atoms with van der Waals surface area (Å²) in [6, 6.07) is 2.60. The molecule has 0 radical (unpaired) electrons. The van der Waals surface area contributed by atoms with Crippen LogP contribution in [0.2, 0.25) is 5.02 Å². The monoisotopic (exact) mass is 452 g/mol. The van der Waals surface area contributed by atoms with Gasteiger partial charge in [-0.15, -0.1) is 11.8 Å². The molecule has 8 nitrogen and oxygen atoms in total. The summed E-state index contributed by atoms with van der Waals surface area (Å²) in [7, 11) is 2.94. The van der Waals surface area contributed by atoms with Crippen molar-refractivity contribution >= 4 is 52.6 Å². The van der Waals surface area contributed by atoms with E-state index in [0.717, 1.165) is 6.42 Å². The fraction of sp³-hybridized carbons (Fsp3) is 0.400. The van der Waals surface area contributed by atoms with Crippen LogP contribution in [0.25, 0.3) is 0 Å². The van der Waals surface area contributed by atoms with Crippen LogP contribution in [-0.4, -0.2) is 65.6 Å². The molecule has 1 unspecified atom stereocenters. The second kappa shape index (κ2) is 9.53. The number of hydrogen-bond donors (Lipinski definition) is 1. The number of ether oxygens (including phenoxy) is 2. The zero-order chi connectivity index (χ0) is 21.8. The third-order valence-electron chi connectivity index (χ3n) is 4.77. The maximum Gasteiger partial charge on any atom is 0.501 e. The van der Waals surface area contributed by atoms with Crippen molar-refractivity contribution in [2.75, 3.05) is 32.6 Å². The summed E-state index contributed by atoms with van der Waals surface area (Å²) in [4.78, 5) is 39.6. The second-order valence-corrected chi connectivity index (χ2v) is 8.11. The quantitative estimate of drug-likeness (QED) is 0.609. The largest absolute Gasteiger partial charge is 0.501 e. The molecule has 4 amide bonds. The van der Waals surface area contributed by atoms with Crippen LogP contribution in [0.5, 0.6) is 11.5 Å². The Labute approximate surface area is 183 Å². The van der Waals surface area contributed by atoms with Gasteiger partial charge in [0.05, 0.1) is 31.5 Å². The number of thioether (sulfide) groups is 1. The zero-order valence-electron chi connectivity index (χ0n) is 16.9. The zero-order valence-corrected chi connectivity index (χ0v) is 18.5. The first-order valence-corrected chi connectivity index (χ1v) is 10.8. The van der Waals surface area contributed by atoms with E-state index < -0.39 is 17.2 Å². The van der Waals surface area contributed by atoms with E-state index in [4.69, 9.17) is 21.1 Å². The molecule has 1 atom stereocenters. The summed E-state index contributed by atoms with van der Waals surface area (Å²) < 4.78 is 11.8. The summed E-state index contributed by atoms with van der Waals surface area (Å²) in [5.74, 6) is 0.105. The fourth-order valence-corrected chi connectivity index (χ4v) is 4.43. The highest BCUT2D eigenvalue weighted by molar-refractivity contribution is 8.04. The van der Waals surface area contributed by atoms with Gasteiger partial charge in [0.15, 0.2) is 11.8 Å². The number of unbranched alkanes of at least 4 members (excludes halogenated alkanes) is 1. The van der Waals surface area contributed by atoms with Gasteiger partial charge in [-0.1, -0.05) is 24.9 Å². The lowest BCUT2D eigenvalue weighted by atomic mass is 10.1. The molecular formula is C20H23ClN3O5S+. The number of methoxy groups -OCH3 is 2. The van der Waals surface area contributed by atoms with E-state index >= 15 is 0 Å². The Balaban J connectivity index is 1.84. The van der Waals surface area contributed by atoms with Crippen molar-refractivity contribution in [3.8, 4) is 11.5 Å². The van der Waals surface area contributed by atoms with Gasteiger partial charge in [0.2, 0.25) is 0 Å². The number of hydrogen-bond acceptors (Lipinski definition) is 6. The third-order valence-corrected chi connectivity index (χ3v) is 6.07. The Morgan fingerprint density at radius 2 is 2.00 bits per heavy atom. The van der Waals surface area contributed by atoms with E-state index in [0.29, 0.717) is 40.9 Å². The molecule has 0 saturated heterocycles. The third kappa shape index (κ3) is 4.32. The molecule has 0 spiro atoms. The Morgan fingerprint density at radius 3 is 2.67 bits per heavy atom. The van der Waals surface area contributed by atoms with E-state index in [2.05, 4.69) is 5.32 Å². The van der Waals surface area contributed by atoms with E-state index in [1.165, 1.54) is 41.5 Å². The van der Waals surface area contributed by atoms with Gasteiger partial charge in [-0.25, -0.2) is 4.79 Å². The van der Waals surface area contributed by atoms with Crippen molar-refractivity contribution in [3.05, 3.63) is 28.6 Å². The minimum Gasteiger partial charge on any atom is -0.495 e. The van der Waals surface area contributed by atoms with Crippen LogP contribution < -0.4 is 14.8 Å². The first-order chi connectivity index (χ1) is 14.4. The predicted molar refractivity (Wildman–Crippen MR) is 116 cm³/mol. The summed E-state index contributed by atoms with van der Waals surface area (Å²) in [6.07, 6.45) is 3.27. The molecule has 1 aromatic carbocycles.